The van der Waals surface area contributed by atoms with E-state index in [1.807, 2.05) is 19.9 Å². The molecular weight excluding hydrogens is 406 g/mol. The molecule has 2 aromatic rings. The SMILES string of the molecule is Cc1cc(C)cc(N([C@@H](C)C(=O)Nc2cc([N+](=O)[O-])ccc2Cl)S(C)(=O)=O)c1. The maximum atomic E-state index is 12.7. The first-order valence-electron chi connectivity index (χ1n) is 8.22. The lowest BCUT2D eigenvalue weighted by Crippen LogP contribution is -2.45. The van der Waals surface area contributed by atoms with Crippen LogP contribution in [-0.2, 0) is 14.8 Å². The van der Waals surface area contributed by atoms with Crippen molar-refractivity contribution in [1.29, 1.82) is 0 Å². The highest BCUT2D eigenvalue weighted by atomic mass is 35.5. The first-order chi connectivity index (χ1) is 12.9. The molecule has 10 heteroatoms. The highest BCUT2D eigenvalue weighted by Crippen LogP contribution is 2.28. The molecule has 0 heterocycles. The van der Waals surface area contributed by atoms with Gasteiger partial charge in [0.15, 0.2) is 0 Å². The average Bonchev–Trinajstić information content (AvgIpc) is 2.54. The van der Waals surface area contributed by atoms with Gasteiger partial charge in [-0.25, -0.2) is 8.42 Å². The molecule has 0 radical (unpaired) electrons. The molecule has 0 unspecified atom stereocenters. The van der Waals surface area contributed by atoms with Gasteiger partial charge in [0.05, 0.1) is 27.6 Å². The van der Waals surface area contributed by atoms with E-state index >= 15 is 0 Å². The predicted octanol–water partition coefficient (Wildman–Crippen LogP) is 3.66. The number of amides is 1. The molecule has 2 aromatic carbocycles. The fourth-order valence-electron chi connectivity index (χ4n) is 2.85. The predicted molar refractivity (Wildman–Crippen MR) is 109 cm³/mol. The smallest absolute Gasteiger partial charge is 0.271 e. The second-order valence-corrected chi connectivity index (χ2v) is 8.76. The summed E-state index contributed by atoms with van der Waals surface area (Å²) in [6, 6.07) is 7.71. The molecule has 28 heavy (non-hydrogen) atoms. The van der Waals surface area contributed by atoms with Gasteiger partial charge in [0.25, 0.3) is 5.69 Å². The second-order valence-electron chi connectivity index (χ2n) is 6.49. The topological polar surface area (TPSA) is 110 Å². The van der Waals surface area contributed by atoms with Crippen molar-refractivity contribution in [2.75, 3.05) is 15.9 Å². The number of non-ortho nitro benzene ring substituents is 1. The number of nitrogens with zero attached hydrogens (tertiary/aromatic N) is 2. The van der Waals surface area contributed by atoms with Crippen LogP contribution in [0.5, 0.6) is 0 Å². The van der Waals surface area contributed by atoms with E-state index < -0.39 is 26.9 Å². The Kier molecular flexibility index (Phi) is 6.30. The minimum absolute atomic E-state index is 0.0293. The third-order valence-electron chi connectivity index (χ3n) is 3.97. The summed E-state index contributed by atoms with van der Waals surface area (Å²) in [6.07, 6.45) is 1.01. The van der Waals surface area contributed by atoms with Crippen LogP contribution < -0.4 is 9.62 Å². The van der Waals surface area contributed by atoms with Crippen molar-refractivity contribution in [2.45, 2.75) is 26.8 Å². The summed E-state index contributed by atoms with van der Waals surface area (Å²) >= 11 is 6.01. The minimum Gasteiger partial charge on any atom is -0.323 e. The van der Waals surface area contributed by atoms with Gasteiger partial charge < -0.3 is 5.32 Å². The number of carbonyl (C=O) groups excluding carboxylic acids is 1. The van der Waals surface area contributed by atoms with Crippen molar-refractivity contribution in [3.63, 3.8) is 0 Å². The number of carbonyl (C=O) groups is 1. The van der Waals surface area contributed by atoms with Crippen LogP contribution in [0, 0.1) is 24.0 Å². The number of benzene rings is 2. The van der Waals surface area contributed by atoms with E-state index in [9.17, 15) is 23.3 Å². The molecule has 1 atom stereocenters. The molecule has 0 aromatic heterocycles. The number of nitro groups is 1. The molecule has 0 aliphatic heterocycles. The van der Waals surface area contributed by atoms with Crippen molar-refractivity contribution in [1.82, 2.24) is 0 Å². The van der Waals surface area contributed by atoms with Crippen molar-refractivity contribution in [3.05, 3.63) is 62.7 Å². The second kappa shape index (κ2) is 8.15. The van der Waals surface area contributed by atoms with E-state index in [4.69, 9.17) is 11.6 Å². The quantitative estimate of drug-likeness (QED) is 0.561. The zero-order chi connectivity index (χ0) is 21.2. The standard InChI is InChI=1S/C18H20ClN3O5S/c1-11-7-12(2)9-15(8-11)21(28(4,26)27)13(3)18(23)20-17-10-14(22(24)25)5-6-16(17)19/h5-10,13H,1-4H3,(H,20,23)/t13-/m0/s1. The van der Waals surface area contributed by atoms with Crippen molar-refractivity contribution < 1.29 is 18.1 Å². The Labute approximate surface area is 168 Å². The van der Waals surface area contributed by atoms with E-state index in [1.54, 1.807) is 12.1 Å². The maximum Gasteiger partial charge on any atom is 0.271 e. The molecule has 1 N–H and O–H groups in total. The molecule has 0 saturated carbocycles. The third kappa shape index (κ3) is 4.99. The summed E-state index contributed by atoms with van der Waals surface area (Å²) in [4.78, 5) is 23.0. The van der Waals surface area contributed by atoms with Crippen LogP contribution in [0.1, 0.15) is 18.1 Å². The van der Waals surface area contributed by atoms with E-state index in [1.165, 1.54) is 19.1 Å². The third-order valence-corrected chi connectivity index (χ3v) is 5.54. The molecule has 1 amide bonds. The maximum absolute atomic E-state index is 12.7. The normalized spacial score (nSPS) is 12.3. The molecule has 0 bridgehead atoms. The van der Waals surface area contributed by atoms with Gasteiger partial charge in [-0.05, 0) is 50.1 Å². The van der Waals surface area contributed by atoms with Gasteiger partial charge in [0.2, 0.25) is 15.9 Å². The zero-order valence-electron chi connectivity index (χ0n) is 15.8. The minimum atomic E-state index is -3.79. The van der Waals surface area contributed by atoms with Crippen molar-refractivity contribution in [3.8, 4) is 0 Å². The monoisotopic (exact) mass is 425 g/mol. The highest BCUT2D eigenvalue weighted by Gasteiger charge is 2.30. The number of aryl methyl sites for hydroxylation is 2. The summed E-state index contributed by atoms with van der Waals surface area (Å²) in [5.74, 6) is -0.674. The molecule has 0 saturated heterocycles. The molecule has 0 fully saturated rings. The molecule has 8 nitrogen and oxygen atoms in total. The van der Waals surface area contributed by atoms with Crippen LogP contribution >= 0.6 is 11.6 Å². The van der Waals surface area contributed by atoms with E-state index in [2.05, 4.69) is 5.32 Å². The zero-order valence-corrected chi connectivity index (χ0v) is 17.3. The van der Waals surface area contributed by atoms with Gasteiger partial charge in [-0.2, -0.15) is 0 Å². The number of nitrogens with one attached hydrogen (secondary N) is 1. The Morgan fingerprint density at radius 1 is 1.18 bits per heavy atom. The first kappa shape index (κ1) is 21.6. The Morgan fingerprint density at radius 2 is 1.75 bits per heavy atom. The fraction of sp³-hybridized carbons (Fsp3) is 0.278. The lowest BCUT2D eigenvalue weighted by atomic mass is 10.1. The number of sulfonamides is 1. The molecule has 2 rings (SSSR count). The summed E-state index contributed by atoms with van der Waals surface area (Å²) in [5.41, 5.74) is 1.83. The number of nitro benzene ring substituents is 1. The number of halogens is 1. The van der Waals surface area contributed by atoms with Crippen LogP contribution in [0.2, 0.25) is 5.02 Å². The van der Waals surface area contributed by atoms with Gasteiger partial charge in [0.1, 0.15) is 6.04 Å². The van der Waals surface area contributed by atoms with Crippen LogP contribution in [0.15, 0.2) is 36.4 Å². The van der Waals surface area contributed by atoms with Crippen LogP contribution in [-0.4, -0.2) is 31.5 Å². The van der Waals surface area contributed by atoms with Gasteiger partial charge in [-0.3, -0.25) is 19.2 Å². The Hall–Kier alpha value is -2.65. The van der Waals surface area contributed by atoms with E-state index in [0.717, 1.165) is 27.8 Å². The van der Waals surface area contributed by atoms with E-state index in [0.29, 0.717) is 5.69 Å². The summed E-state index contributed by atoms with van der Waals surface area (Å²) in [5, 5.41) is 13.5. The average molecular weight is 426 g/mol. The molecule has 0 aliphatic rings. The number of hydrogen-bond donors (Lipinski definition) is 1. The Balaban J connectivity index is 2.40. The lowest BCUT2D eigenvalue weighted by Gasteiger charge is -2.29. The Bertz CT molecular complexity index is 1020. The number of rotatable bonds is 6. The van der Waals surface area contributed by atoms with Gasteiger partial charge in [0, 0.05) is 12.1 Å². The summed E-state index contributed by atoms with van der Waals surface area (Å²) < 4.78 is 25.8. The van der Waals surface area contributed by atoms with Gasteiger partial charge in [-0.15, -0.1) is 0 Å². The van der Waals surface area contributed by atoms with Crippen LogP contribution in [0.4, 0.5) is 17.1 Å². The number of hydrogen-bond acceptors (Lipinski definition) is 5. The van der Waals surface area contributed by atoms with E-state index in [-0.39, 0.29) is 16.4 Å². The van der Waals surface area contributed by atoms with Gasteiger partial charge in [-0.1, -0.05) is 17.7 Å². The lowest BCUT2D eigenvalue weighted by molar-refractivity contribution is -0.384. The molecule has 150 valence electrons. The van der Waals surface area contributed by atoms with Gasteiger partial charge >= 0.3 is 0 Å². The number of anilines is 2. The van der Waals surface area contributed by atoms with Crippen LogP contribution in [0.3, 0.4) is 0 Å². The Morgan fingerprint density at radius 3 is 2.25 bits per heavy atom. The molecule has 0 aliphatic carbocycles. The molecular formula is C18H20ClN3O5S. The first-order valence-corrected chi connectivity index (χ1v) is 10.5. The van der Waals surface area contributed by atoms with Crippen molar-refractivity contribution >= 4 is 44.6 Å². The summed E-state index contributed by atoms with van der Waals surface area (Å²) in [7, 11) is -3.79. The largest absolute Gasteiger partial charge is 0.323 e. The molecule has 0 spiro atoms. The van der Waals surface area contributed by atoms with Crippen molar-refractivity contribution in [2.24, 2.45) is 0 Å². The fourth-order valence-corrected chi connectivity index (χ4v) is 4.17. The highest BCUT2D eigenvalue weighted by molar-refractivity contribution is 7.92. The summed E-state index contributed by atoms with van der Waals surface area (Å²) in [6.45, 7) is 5.08. The van der Waals surface area contributed by atoms with Crippen LogP contribution in [0.25, 0.3) is 0 Å².